The topological polar surface area (TPSA) is 77.9 Å². The molecule has 0 unspecified atom stereocenters. The molecule has 182 valence electrons. The summed E-state index contributed by atoms with van der Waals surface area (Å²) in [6.07, 6.45) is 13.0. The molecule has 0 amide bonds. The largest absolute Gasteiger partial charge is 0.376 e. The summed E-state index contributed by atoms with van der Waals surface area (Å²) in [5.74, 6) is 1.74. The van der Waals surface area contributed by atoms with Gasteiger partial charge >= 0.3 is 0 Å². The van der Waals surface area contributed by atoms with Gasteiger partial charge in [0.2, 0.25) is 5.95 Å². The summed E-state index contributed by atoms with van der Waals surface area (Å²) in [6, 6.07) is 1.86. The van der Waals surface area contributed by atoms with Gasteiger partial charge in [0.05, 0.1) is 12.7 Å². The third kappa shape index (κ3) is 10.2. The Labute approximate surface area is 211 Å². The number of aromatic nitrogens is 2. The van der Waals surface area contributed by atoms with Gasteiger partial charge < -0.3 is 20.3 Å². The Morgan fingerprint density at radius 3 is 2.47 bits per heavy atom. The van der Waals surface area contributed by atoms with Gasteiger partial charge in [-0.2, -0.15) is 0 Å². The van der Waals surface area contributed by atoms with E-state index >= 15 is 0 Å². The normalized spacial score (nSPS) is 18.7. The van der Waals surface area contributed by atoms with Gasteiger partial charge in [0.1, 0.15) is 0 Å². The van der Waals surface area contributed by atoms with Crippen molar-refractivity contribution < 1.29 is 4.74 Å². The van der Waals surface area contributed by atoms with Crippen LogP contribution in [0.5, 0.6) is 0 Å². The van der Waals surface area contributed by atoms with Crippen LogP contribution in [0.1, 0.15) is 51.9 Å². The molecule has 32 heavy (non-hydrogen) atoms. The lowest BCUT2D eigenvalue weighted by Crippen LogP contribution is -2.47. The van der Waals surface area contributed by atoms with Crippen molar-refractivity contribution >= 4 is 35.9 Å². The van der Waals surface area contributed by atoms with E-state index in [9.17, 15) is 0 Å². The molecule has 8 nitrogen and oxygen atoms in total. The molecule has 1 aliphatic carbocycles. The molecule has 0 aromatic carbocycles. The lowest BCUT2D eigenvalue weighted by Gasteiger charge is -2.34. The Bertz CT molecular complexity index is 618. The maximum absolute atomic E-state index is 6.07. The lowest BCUT2D eigenvalue weighted by molar-refractivity contribution is 0.0468. The quantitative estimate of drug-likeness (QED) is 0.150. The van der Waals surface area contributed by atoms with Gasteiger partial charge in [-0.1, -0.05) is 25.7 Å². The molecule has 2 fully saturated rings. The van der Waals surface area contributed by atoms with E-state index in [2.05, 4.69) is 37.3 Å². The Kier molecular flexibility index (Phi) is 13.9. The number of anilines is 1. The van der Waals surface area contributed by atoms with Gasteiger partial charge in [0, 0.05) is 64.8 Å². The SMILES string of the molecule is CCNC(=NCCCN1CCN(c2ncccn2)CC1)NCCOC1CCCCCC1.I. The van der Waals surface area contributed by atoms with E-state index in [0.717, 1.165) is 77.3 Å². The van der Waals surface area contributed by atoms with Gasteiger partial charge in [0.15, 0.2) is 5.96 Å². The first-order chi connectivity index (χ1) is 15.3. The number of halogens is 1. The number of nitrogens with zero attached hydrogens (tertiary/aromatic N) is 5. The molecule has 1 aliphatic heterocycles. The molecule has 0 radical (unpaired) electrons. The van der Waals surface area contributed by atoms with Crippen molar-refractivity contribution in [3.05, 3.63) is 18.5 Å². The molecule has 3 rings (SSSR count). The van der Waals surface area contributed by atoms with Crippen LogP contribution in [0.15, 0.2) is 23.5 Å². The number of guanidine groups is 1. The average Bonchev–Trinajstić information content (AvgIpc) is 3.09. The predicted molar refractivity (Wildman–Crippen MR) is 142 cm³/mol. The summed E-state index contributed by atoms with van der Waals surface area (Å²) in [5, 5.41) is 6.76. The minimum atomic E-state index is 0. The van der Waals surface area contributed by atoms with Crippen LogP contribution in [0.2, 0.25) is 0 Å². The van der Waals surface area contributed by atoms with Crippen LogP contribution in [0.4, 0.5) is 5.95 Å². The van der Waals surface area contributed by atoms with Gasteiger partial charge in [0.25, 0.3) is 0 Å². The summed E-state index contributed by atoms with van der Waals surface area (Å²) >= 11 is 0. The first-order valence-electron chi connectivity index (χ1n) is 12.2. The van der Waals surface area contributed by atoms with Crippen LogP contribution in [-0.2, 0) is 4.74 Å². The zero-order valence-corrected chi connectivity index (χ0v) is 22.0. The number of rotatable bonds is 10. The fourth-order valence-corrected chi connectivity index (χ4v) is 4.26. The first-order valence-corrected chi connectivity index (χ1v) is 12.2. The van der Waals surface area contributed by atoms with Crippen molar-refractivity contribution in [2.24, 2.45) is 4.99 Å². The second-order valence-corrected chi connectivity index (χ2v) is 8.40. The number of ether oxygens (including phenoxy) is 1. The molecule has 0 atom stereocenters. The highest BCUT2D eigenvalue weighted by atomic mass is 127. The molecule has 2 aliphatic rings. The Balaban J connectivity index is 0.00000363. The average molecular weight is 560 g/mol. The highest BCUT2D eigenvalue weighted by Crippen LogP contribution is 2.19. The summed E-state index contributed by atoms with van der Waals surface area (Å²) in [6.45, 7) is 10.5. The van der Waals surface area contributed by atoms with Gasteiger partial charge in [-0.3, -0.25) is 9.89 Å². The molecule has 9 heteroatoms. The van der Waals surface area contributed by atoms with E-state index in [1.165, 1.54) is 38.5 Å². The van der Waals surface area contributed by atoms with Crippen molar-refractivity contribution in [2.45, 2.75) is 58.0 Å². The van der Waals surface area contributed by atoms with Crippen molar-refractivity contribution in [3.63, 3.8) is 0 Å². The number of hydrogen-bond acceptors (Lipinski definition) is 6. The van der Waals surface area contributed by atoms with E-state index in [-0.39, 0.29) is 24.0 Å². The standard InChI is InChI=1S/C23H41N7O.HI/c1-2-24-22(26-14-20-31-21-9-5-3-4-6-10-21)25-13-8-15-29-16-18-30(19-17-29)23-27-11-7-12-28-23;/h7,11-12,21H,2-6,8-10,13-20H2,1H3,(H2,24,25,26);1H. The Hall–Kier alpha value is -1.20. The van der Waals surface area contributed by atoms with Crippen molar-refractivity contribution in [2.75, 3.05) is 63.9 Å². The van der Waals surface area contributed by atoms with Gasteiger partial charge in [-0.15, -0.1) is 24.0 Å². The molecule has 1 saturated carbocycles. The number of piperazine rings is 1. The summed E-state index contributed by atoms with van der Waals surface area (Å²) < 4.78 is 6.07. The van der Waals surface area contributed by atoms with Crippen LogP contribution < -0.4 is 15.5 Å². The molecular weight excluding hydrogens is 517 g/mol. The molecule has 1 aromatic heterocycles. The molecular formula is C23H42IN7O. The maximum Gasteiger partial charge on any atom is 0.225 e. The van der Waals surface area contributed by atoms with E-state index in [1.54, 1.807) is 0 Å². The van der Waals surface area contributed by atoms with Crippen molar-refractivity contribution in [3.8, 4) is 0 Å². The molecule has 2 N–H and O–H groups in total. The highest BCUT2D eigenvalue weighted by Gasteiger charge is 2.18. The maximum atomic E-state index is 6.07. The number of hydrogen-bond donors (Lipinski definition) is 2. The van der Waals surface area contributed by atoms with Crippen LogP contribution >= 0.6 is 24.0 Å². The molecule has 2 heterocycles. The zero-order chi connectivity index (χ0) is 21.6. The summed E-state index contributed by atoms with van der Waals surface area (Å²) in [7, 11) is 0. The predicted octanol–water partition coefficient (Wildman–Crippen LogP) is 2.90. The van der Waals surface area contributed by atoms with E-state index in [0.29, 0.717) is 6.10 Å². The Morgan fingerprint density at radius 1 is 1.06 bits per heavy atom. The Morgan fingerprint density at radius 2 is 1.78 bits per heavy atom. The van der Waals surface area contributed by atoms with Crippen LogP contribution in [0.25, 0.3) is 0 Å². The van der Waals surface area contributed by atoms with Crippen molar-refractivity contribution in [1.29, 1.82) is 0 Å². The molecule has 1 saturated heterocycles. The van der Waals surface area contributed by atoms with Crippen LogP contribution in [0.3, 0.4) is 0 Å². The van der Waals surface area contributed by atoms with Crippen LogP contribution in [0, 0.1) is 0 Å². The monoisotopic (exact) mass is 559 g/mol. The minimum absolute atomic E-state index is 0. The van der Waals surface area contributed by atoms with Crippen LogP contribution in [-0.4, -0.2) is 85.9 Å². The lowest BCUT2D eigenvalue weighted by atomic mass is 10.1. The second kappa shape index (κ2) is 16.4. The number of aliphatic imine (C=N–C) groups is 1. The third-order valence-electron chi connectivity index (χ3n) is 6.00. The smallest absolute Gasteiger partial charge is 0.225 e. The molecule has 1 aromatic rings. The minimum Gasteiger partial charge on any atom is -0.376 e. The van der Waals surface area contributed by atoms with Gasteiger partial charge in [-0.05, 0) is 32.3 Å². The van der Waals surface area contributed by atoms with E-state index < -0.39 is 0 Å². The summed E-state index contributed by atoms with van der Waals surface area (Å²) in [5.41, 5.74) is 0. The second-order valence-electron chi connectivity index (χ2n) is 8.40. The fraction of sp³-hybridized carbons (Fsp3) is 0.783. The molecule has 0 spiro atoms. The van der Waals surface area contributed by atoms with Crippen molar-refractivity contribution in [1.82, 2.24) is 25.5 Å². The van der Waals surface area contributed by atoms with E-state index in [1.807, 2.05) is 18.5 Å². The van der Waals surface area contributed by atoms with E-state index in [4.69, 9.17) is 9.73 Å². The van der Waals surface area contributed by atoms with Gasteiger partial charge in [-0.25, -0.2) is 9.97 Å². The third-order valence-corrected chi connectivity index (χ3v) is 6.00. The number of nitrogens with one attached hydrogen (secondary N) is 2. The first kappa shape index (κ1) is 27.0. The summed E-state index contributed by atoms with van der Waals surface area (Å²) in [4.78, 5) is 18.2. The zero-order valence-electron chi connectivity index (χ0n) is 19.7. The fourth-order valence-electron chi connectivity index (χ4n) is 4.26. The highest BCUT2D eigenvalue weighted by molar-refractivity contribution is 14.0. The molecule has 0 bridgehead atoms.